The molecule has 1 rings (SSSR count). The highest BCUT2D eigenvalue weighted by molar-refractivity contribution is 5.96. The van der Waals surface area contributed by atoms with Crippen molar-refractivity contribution in [2.75, 3.05) is 6.61 Å². The topological polar surface area (TPSA) is 52.6 Å². The van der Waals surface area contributed by atoms with Crippen LogP contribution in [0.25, 0.3) is 0 Å². The monoisotopic (exact) mass is 264 g/mol. The molecule has 0 radical (unpaired) electrons. The van der Waals surface area contributed by atoms with Crippen molar-refractivity contribution in [3.8, 4) is 5.75 Å². The molecule has 0 fully saturated rings. The molecular formula is C15H20O4. The van der Waals surface area contributed by atoms with Gasteiger partial charge in [-0.05, 0) is 30.7 Å². The molecule has 0 aliphatic rings. The number of rotatable bonds is 7. The number of benzene rings is 1. The van der Waals surface area contributed by atoms with Crippen LogP contribution in [0.3, 0.4) is 0 Å². The summed E-state index contributed by atoms with van der Waals surface area (Å²) in [6.07, 6.45) is 4.62. The average Bonchev–Trinajstić information content (AvgIpc) is 2.38. The number of ether oxygens (including phenoxy) is 2. The summed E-state index contributed by atoms with van der Waals surface area (Å²) >= 11 is 0. The Morgan fingerprint density at radius 3 is 2.32 bits per heavy atom. The summed E-state index contributed by atoms with van der Waals surface area (Å²) < 4.78 is 10.0. The maximum Gasteiger partial charge on any atom is 0.345 e. The van der Waals surface area contributed by atoms with E-state index in [-0.39, 0.29) is 0 Å². The third-order valence-corrected chi connectivity index (χ3v) is 2.59. The first-order valence-corrected chi connectivity index (χ1v) is 6.59. The summed E-state index contributed by atoms with van der Waals surface area (Å²) in [6.45, 7) is 4.04. The van der Waals surface area contributed by atoms with Crippen LogP contribution in [0, 0.1) is 0 Å². The van der Waals surface area contributed by atoms with Crippen molar-refractivity contribution in [3.05, 3.63) is 29.8 Å². The van der Waals surface area contributed by atoms with Crippen molar-refractivity contribution >= 4 is 11.9 Å². The number of hydrogen-bond donors (Lipinski definition) is 0. The Bertz CT molecular complexity index is 409. The van der Waals surface area contributed by atoms with E-state index in [9.17, 15) is 9.59 Å². The number of carbonyl (C=O) groups excluding carboxylic acids is 2. The van der Waals surface area contributed by atoms with Crippen LogP contribution in [0.1, 0.15) is 49.9 Å². The number of unbranched alkanes of at least 4 members (excludes halogenated alkanes) is 3. The second-order valence-corrected chi connectivity index (χ2v) is 4.31. The lowest BCUT2D eigenvalue weighted by molar-refractivity contribution is -0.135. The Hall–Kier alpha value is -1.84. The molecule has 4 nitrogen and oxygen atoms in total. The van der Waals surface area contributed by atoms with Gasteiger partial charge < -0.3 is 9.47 Å². The smallest absolute Gasteiger partial charge is 0.345 e. The van der Waals surface area contributed by atoms with Crippen molar-refractivity contribution < 1.29 is 19.1 Å². The third kappa shape index (κ3) is 6.04. The number of hydrogen-bond acceptors (Lipinski definition) is 4. The van der Waals surface area contributed by atoms with Crippen LogP contribution in [0.5, 0.6) is 5.75 Å². The van der Waals surface area contributed by atoms with Gasteiger partial charge in [-0.3, -0.25) is 4.79 Å². The maximum atomic E-state index is 11.4. The fourth-order valence-electron chi connectivity index (χ4n) is 1.60. The zero-order chi connectivity index (χ0) is 14.1. The molecule has 0 atom stereocenters. The van der Waals surface area contributed by atoms with E-state index in [2.05, 4.69) is 11.7 Å². The Morgan fingerprint density at radius 1 is 1.05 bits per heavy atom. The zero-order valence-corrected chi connectivity index (χ0v) is 11.5. The zero-order valence-electron chi connectivity index (χ0n) is 11.5. The second kappa shape index (κ2) is 8.29. The van der Waals surface area contributed by atoms with Gasteiger partial charge in [0.05, 0.1) is 12.2 Å². The molecule has 1 aromatic carbocycles. The SMILES string of the molecule is CCCCCCOc1ccc(C(=O)OC(C)=O)cc1. The van der Waals surface area contributed by atoms with Gasteiger partial charge in [0.25, 0.3) is 0 Å². The van der Waals surface area contributed by atoms with Gasteiger partial charge in [0.2, 0.25) is 0 Å². The first-order valence-electron chi connectivity index (χ1n) is 6.59. The molecule has 19 heavy (non-hydrogen) atoms. The van der Waals surface area contributed by atoms with Gasteiger partial charge in [0.1, 0.15) is 5.75 Å². The summed E-state index contributed by atoms with van der Waals surface area (Å²) in [5.74, 6) is -0.529. The van der Waals surface area contributed by atoms with Crippen molar-refractivity contribution in [1.29, 1.82) is 0 Å². The van der Waals surface area contributed by atoms with Gasteiger partial charge >= 0.3 is 11.9 Å². The van der Waals surface area contributed by atoms with Crippen molar-refractivity contribution in [1.82, 2.24) is 0 Å². The summed E-state index contributed by atoms with van der Waals surface area (Å²) in [7, 11) is 0. The maximum absolute atomic E-state index is 11.4. The summed E-state index contributed by atoms with van der Waals surface area (Å²) in [5.41, 5.74) is 0.341. The molecule has 104 valence electrons. The van der Waals surface area contributed by atoms with Crippen LogP contribution >= 0.6 is 0 Å². The molecule has 0 heterocycles. The lowest BCUT2D eigenvalue weighted by Gasteiger charge is -2.06. The molecule has 0 saturated heterocycles. The van der Waals surface area contributed by atoms with Crippen molar-refractivity contribution in [3.63, 3.8) is 0 Å². The van der Waals surface area contributed by atoms with Crippen LogP contribution in [-0.2, 0) is 9.53 Å². The Kier molecular flexibility index (Phi) is 6.64. The molecule has 0 saturated carbocycles. The quantitative estimate of drug-likeness (QED) is 0.430. The van der Waals surface area contributed by atoms with Gasteiger partial charge in [0.15, 0.2) is 0 Å². The normalized spacial score (nSPS) is 10.0. The molecule has 0 N–H and O–H groups in total. The average molecular weight is 264 g/mol. The largest absolute Gasteiger partial charge is 0.494 e. The van der Waals surface area contributed by atoms with Gasteiger partial charge in [-0.2, -0.15) is 0 Å². The molecular weight excluding hydrogens is 244 g/mol. The molecule has 0 aliphatic heterocycles. The summed E-state index contributed by atoms with van der Waals surface area (Å²) in [6, 6.07) is 6.59. The highest BCUT2D eigenvalue weighted by Gasteiger charge is 2.09. The minimum Gasteiger partial charge on any atom is -0.494 e. The lowest BCUT2D eigenvalue weighted by atomic mass is 10.2. The minimum absolute atomic E-state index is 0.341. The lowest BCUT2D eigenvalue weighted by Crippen LogP contribution is -2.09. The van der Waals surface area contributed by atoms with Crippen molar-refractivity contribution in [2.45, 2.75) is 39.5 Å². The van der Waals surface area contributed by atoms with E-state index in [4.69, 9.17) is 4.74 Å². The van der Waals surface area contributed by atoms with Crippen LogP contribution in [0.2, 0.25) is 0 Å². The molecule has 0 amide bonds. The number of carbonyl (C=O) groups is 2. The highest BCUT2D eigenvalue weighted by Crippen LogP contribution is 2.13. The fourth-order valence-corrected chi connectivity index (χ4v) is 1.60. The van der Waals surface area contributed by atoms with E-state index < -0.39 is 11.9 Å². The van der Waals surface area contributed by atoms with Crippen LogP contribution < -0.4 is 4.74 Å². The number of esters is 2. The summed E-state index contributed by atoms with van der Waals surface area (Å²) in [4.78, 5) is 22.1. The van der Waals surface area contributed by atoms with E-state index in [0.29, 0.717) is 12.2 Å². The minimum atomic E-state index is -0.637. The predicted octanol–water partition coefficient (Wildman–Crippen LogP) is 3.35. The third-order valence-electron chi connectivity index (χ3n) is 2.59. The highest BCUT2D eigenvalue weighted by atomic mass is 16.6. The molecule has 1 aromatic rings. The van der Waals surface area contributed by atoms with Crippen molar-refractivity contribution in [2.24, 2.45) is 0 Å². The Balaban J connectivity index is 2.39. The Labute approximate surface area is 113 Å². The van der Waals surface area contributed by atoms with Gasteiger partial charge in [-0.15, -0.1) is 0 Å². The fraction of sp³-hybridized carbons (Fsp3) is 0.467. The first-order chi connectivity index (χ1) is 9.13. The van der Waals surface area contributed by atoms with Gasteiger partial charge in [0, 0.05) is 6.92 Å². The van der Waals surface area contributed by atoms with Gasteiger partial charge in [-0.25, -0.2) is 4.79 Å². The molecule has 0 aromatic heterocycles. The molecule has 0 spiro atoms. The first kappa shape index (κ1) is 15.2. The molecule has 4 heteroatoms. The van der Waals surface area contributed by atoms with E-state index in [0.717, 1.165) is 12.2 Å². The van der Waals surface area contributed by atoms with E-state index in [1.807, 2.05) is 0 Å². The van der Waals surface area contributed by atoms with E-state index in [1.54, 1.807) is 24.3 Å². The Morgan fingerprint density at radius 2 is 1.74 bits per heavy atom. The van der Waals surface area contributed by atoms with E-state index in [1.165, 1.54) is 26.2 Å². The van der Waals surface area contributed by atoms with Crippen LogP contribution in [0.4, 0.5) is 0 Å². The molecule has 0 aliphatic carbocycles. The molecule has 0 bridgehead atoms. The standard InChI is InChI=1S/C15H20O4/c1-3-4-5-6-11-18-14-9-7-13(8-10-14)15(17)19-12(2)16/h7-10H,3-6,11H2,1-2H3. The predicted molar refractivity (Wildman–Crippen MR) is 72.2 cm³/mol. The van der Waals surface area contributed by atoms with Crippen LogP contribution in [-0.4, -0.2) is 18.5 Å². The van der Waals surface area contributed by atoms with Crippen LogP contribution in [0.15, 0.2) is 24.3 Å². The van der Waals surface area contributed by atoms with Gasteiger partial charge in [-0.1, -0.05) is 26.2 Å². The second-order valence-electron chi connectivity index (χ2n) is 4.31. The van der Waals surface area contributed by atoms with E-state index >= 15 is 0 Å². The summed E-state index contributed by atoms with van der Waals surface area (Å²) in [5, 5.41) is 0. The molecule has 0 unspecified atom stereocenters.